The highest BCUT2D eigenvalue weighted by atomic mass is 35.5. The van der Waals surface area contributed by atoms with Crippen molar-refractivity contribution < 1.29 is 13.9 Å². The van der Waals surface area contributed by atoms with Crippen molar-refractivity contribution in [2.45, 2.75) is 16.1 Å². The second-order valence-electron chi connectivity index (χ2n) is 2.41. The Morgan fingerprint density at radius 1 is 1.42 bits per heavy atom. The lowest BCUT2D eigenvalue weighted by atomic mass is 10.2. The highest BCUT2D eigenvalue weighted by molar-refractivity contribution is 6.49. The molecule has 1 heterocycles. The molecule has 6 heteroatoms. The predicted octanol–water partition coefficient (Wildman–Crippen LogP) is 2.11. The van der Waals surface area contributed by atoms with Crippen LogP contribution < -0.4 is 0 Å². The molecule has 2 nitrogen and oxygen atoms in total. The molecule has 0 saturated carbocycles. The van der Waals surface area contributed by atoms with Crippen molar-refractivity contribution in [1.29, 1.82) is 0 Å². The number of halogens is 4. The second-order valence-corrected chi connectivity index (χ2v) is 4.09. The van der Waals surface area contributed by atoms with Crippen molar-refractivity contribution >= 4 is 34.8 Å². The molecule has 1 aliphatic heterocycles. The molecule has 1 fully saturated rings. The van der Waals surface area contributed by atoms with Gasteiger partial charge in [-0.05, 0) is 0 Å². The maximum Gasteiger partial charge on any atom is 0.241 e. The summed E-state index contributed by atoms with van der Waals surface area (Å²) in [5, 5.41) is -2.27. The average molecular weight is 237 g/mol. The molecule has 0 N–H and O–H groups in total. The van der Waals surface area contributed by atoms with Gasteiger partial charge in [-0.2, -0.15) is 0 Å². The first-order chi connectivity index (χ1) is 5.55. The summed E-state index contributed by atoms with van der Waals surface area (Å²) in [4.78, 5) is -1.33. The zero-order valence-corrected chi connectivity index (χ0v) is 8.37. The van der Waals surface area contributed by atoms with Crippen LogP contribution in [0.2, 0.25) is 0 Å². The molecule has 72 valence electrons. The van der Waals surface area contributed by atoms with Gasteiger partial charge in [-0.3, -0.25) is 0 Å². The Hall–Kier alpha value is 0.720. The van der Waals surface area contributed by atoms with Crippen molar-refractivity contribution in [2.75, 3.05) is 19.8 Å². The third kappa shape index (κ3) is 2.36. The van der Waals surface area contributed by atoms with Crippen LogP contribution in [-0.2, 0) is 9.47 Å². The fourth-order valence-corrected chi connectivity index (χ4v) is 1.26. The fourth-order valence-electron chi connectivity index (χ4n) is 0.851. The van der Waals surface area contributed by atoms with Crippen LogP contribution in [0.4, 0.5) is 4.39 Å². The zero-order valence-electron chi connectivity index (χ0n) is 6.10. The Morgan fingerprint density at radius 3 is 2.50 bits per heavy atom. The quantitative estimate of drug-likeness (QED) is 0.685. The molecule has 1 saturated heterocycles. The first kappa shape index (κ1) is 10.8. The molecule has 0 bridgehead atoms. The van der Waals surface area contributed by atoms with Gasteiger partial charge in [-0.25, -0.2) is 4.39 Å². The first-order valence-corrected chi connectivity index (χ1v) is 4.65. The van der Waals surface area contributed by atoms with Crippen LogP contribution in [0.25, 0.3) is 0 Å². The Morgan fingerprint density at radius 2 is 2.08 bits per heavy atom. The zero-order chi connectivity index (χ0) is 9.19. The largest absolute Gasteiger partial charge is 0.376 e. The summed E-state index contributed by atoms with van der Waals surface area (Å²) >= 11 is 16.1. The van der Waals surface area contributed by atoms with Gasteiger partial charge < -0.3 is 9.47 Å². The fraction of sp³-hybridized carbons (Fsp3) is 1.00. The van der Waals surface area contributed by atoms with E-state index in [9.17, 15) is 4.39 Å². The highest BCUT2D eigenvalue weighted by Crippen LogP contribution is 2.35. The molecule has 1 rings (SSSR count). The van der Waals surface area contributed by atoms with Gasteiger partial charge >= 0.3 is 0 Å². The van der Waals surface area contributed by atoms with E-state index in [4.69, 9.17) is 44.3 Å². The van der Waals surface area contributed by atoms with Crippen LogP contribution in [0.1, 0.15) is 0 Å². The van der Waals surface area contributed by atoms with Crippen LogP contribution in [-0.4, -0.2) is 35.9 Å². The maximum atomic E-state index is 13.4. The molecule has 12 heavy (non-hydrogen) atoms. The van der Waals surface area contributed by atoms with Gasteiger partial charge in [-0.15, -0.1) is 23.2 Å². The molecule has 0 spiro atoms. The van der Waals surface area contributed by atoms with Gasteiger partial charge in [0.25, 0.3) is 0 Å². The number of alkyl halides is 4. The number of hydrogen-bond acceptors (Lipinski definition) is 2. The van der Waals surface area contributed by atoms with Crippen molar-refractivity contribution in [3.63, 3.8) is 0 Å². The molecule has 2 unspecified atom stereocenters. The number of ether oxygens (including phenoxy) is 2. The van der Waals surface area contributed by atoms with Gasteiger partial charge in [0.2, 0.25) is 5.13 Å². The highest BCUT2D eigenvalue weighted by Gasteiger charge is 2.45. The minimum absolute atomic E-state index is 0.0793. The Kier molecular flexibility index (Phi) is 3.86. The van der Waals surface area contributed by atoms with E-state index in [1.807, 2.05) is 0 Å². The maximum absolute atomic E-state index is 13.4. The van der Waals surface area contributed by atoms with E-state index < -0.39 is 16.1 Å². The van der Waals surface area contributed by atoms with Crippen LogP contribution in [0.3, 0.4) is 0 Å². The topological polar surface area (TPSA) is 18.5 Å². The third-order valence-corrected chi connectivity index (χ3v) is 2.86. The Bertz CT molecular complexity index is 148. The summed E-state index contributed by atoms with van der Waals surface area (Å²) in [5.41, 5.74) is 0. The first-order valence-electron chi connectivity index (χ1n) is 3.40. The molecule has 0 aromatic heterocycles. The van der Waals surface area contributed by atoms with Crippen LogP contribution in [0.5, 0.6) is 0 Å². The summed E-state index contributed by atoms with van der Waals surface area (Å²) in [6.07, 6.45) is -0.895. The minimum atomic E-state index is -2.27. The van der Waals surface area contributed by atoms with E-state index in [1.54, 1.807) is 0 Å². The third-order valence-electron chi connectivity index (χ3n) is 1.54. The summed E-state index contributed by atoms with van der Waals surface area (Å²) in [6, 6.07) is 0. The molecule has 1 aliphatic rings. The molecule has 0 radical (unpaired) electrons. The Balaban J connectivity index is 2.53. The SMILES string of the molecule is FC(Cl)(C(Cl)Cl)C1COCCO1. The van der Waals surface area contributed by atoms with E-state index in [0.29, 0.717) is 13.2 Å². The van der Waals surface area contributed by atoms with Gasteiger partial charge in [0, 0.05) is 0 Å². The van der Waals surface area contributed by atoms with Gasteiger partial charge in [0.1, 0.15) is 6.10 Å². The van der Waals surface area contributed by atoms with Crippen molar-refractivity contribution in [3.05, 3.63) is 0 Å². The average Bonchev–Trinajstić information content (AvgIpc) is 2.06. The number of hydrogen-bond donors (Lipinski definition) is 0. The van der Waals surface area contributed by atoms with Crippen LogP contribution in [0, 0.1) is 0 Å². The molecule has 0 amide bonds. The van der Waals surface area contributed by atoms with E-state index in [2.05, 4.69) is 0 Å². The Labute approximate surface area is 84.9 Å². The normalized spacial score (nSPS) is 30.2. The van der Waals surface area contributed by atoms with Gasteiger partial charge in [-0.1, -0.05) is 11.6 Å². The molecule has 2 atom stereocenters. The van der Waals surface area contributed by atoms with E-state index in [0.717, 1.165) is 0 Å². The second kappa shape index (κ2) is 4.29. The minimum Gasteiger partial charge on any atom is -0.376 e. The van der Waals surface area contributed by atoms with Crippen molar-refractivity contribution in [1.82, 2.24) is 0 Å². The lowest BCUT2D eigenvalue weighted by Gasteiger charge is -2.31. The van der Waals surface area contributed by atoms with E-state index in [-0.39, 0.29) is 6.61 Å². The molecular formula is C6H8Cl3FO2. The summed E-state index contributed by atoms with van der Waals surface area (Å²) in [6.45, 7) is 0.832. The molecule has 0 aromatic rings. The van der Waals surface area contributed by atoms with Crippen LogP contribution in [0.15, 0.2) is 0 Å². The van der Waals surface area contributed by atoms with Gasteiger partial charge in [0.05, 0.1) is 19.8 Å². The van der Waals surface area contributed by atoms with Crippen molar-refractivity contribution in [2.24, 2.45) is 0 Å². The summed E-state index contributed by atoms with van der Waals surface area (Å²) in [7, 11) is 0. The van der Waals surface area contributed by atoms with Gasteiger partial charge in [0.15, 0.2) is 4.84 Å². The summed E-state index contributed by atoms with van der Waals surface area (Å²) in [5.74, 6) is 0. The lowest BCUT2D eigenvalue weighted by Crippen LogP contribution is -2.46. The van der Waals surface area contributed by atoms with Crippen LogP contribution >= 0.6 is 34.8 Å². The molecular weight excluding hydrogens is 229 g/mol. The smallest absolute Gasteiger partial charge is 0.241 e. The standard InChI is InChI=1S/C6H8Cl3FO2/c7-5(8)6(9,10)4-3-11-1-2-12-4/h4-5H,1-3H2. The van der Waals surface area contributed by atoms with E-state index >= 15 is 0 Å². The monoisotopic (exact) mass is 236 g/mol. The van der Waals surface area contributed by atoms with E-state index in [1.165, 1.54) is 0 Å². The molecule has 0 aliphatic carbocycles. The predicted molar refractivity (Wildman–Crippen MR) is 45.7 cm³/mol. The molecule has 0 aromatic carbocycles. The summed E-state index contributed by atoms with van der Waals surface area (Å²) < 4.78 is 23.4. The lowest BCUT2D eigenvalue weighted by molar-refractivity contribution is -0.123. The number of rotatable bonds is 2. The van der Waals surface area contributed by atoms with Crippen molar-refractivity contribution in [3.8, 4) is 0 Å².